The Balaban J connectivity index is 1.77. The maximum Gasteiger partial charge on any atom is 0.248 e. The lowest BCUT2D eigenvalue weighted by Gasteiger charge is -2.32. The summed E-state index contributed by atoms with van der Waals surface area (Å²) in [6, 6.07) is 17.0. The summed E-state index contributed by atoms with van der Waals surface area (Å²) in [6.07, 6.45) is 1.48. The molecule has 3 aromatic rings. The number of nitrogens with two attached hydrogens (primary N) is 1. The van der Waals surface area contributed by atoms with Gasteiger partial charge < -0.3 is 15.4 Å². The minimum atomic E-state index is -1.41. The van der Waals surface area contributed by atoms with Gasteiger partial charge in [-0.25, -0.2) is 0 Å². The minimum absolute atomic E-state index is 0.0832. The number of amides is 1. The lowest BCUT2D eigenvalue weighted by Crippen LogP contribution is -2.46. The third kappa shape index (κ3) is 2.66. The zero-order chi connectivity index (χ0) is 22.5. The van der Waals surface area contributed by atoms with Crippen LogP contribution in [0.25, 0.3) is 0 Å². The normalized spacial score (nSPS) is 19.0. The van der Waals surface area contributed by atoms with Crippen molar-refractivity contribution >= 4 is 23.2 Å². The van der Waals surface area contributed by atoms with Crippen LogP contribution in [-0.4, -0.2) is 16.1 Å². The van der Waals surface area contributed by atoms with E-state index in [1.54, 1.807) is 17.0 Å². The average Bonchev–Trinajstić information content (AvgIpc) is 3.29. The Bertz CT molecular complexity index is 1300. The van der Waals surface area contributed by atoms with E-state index in [1.807, 2.05) is 43.3 Å². The molecular weight excluding hydrogens is 426 g/mol. The first-order chi connectivity index (χ1) is 15.5. The number of hydrogen-bond donors (Lipinski definition) is 2. The number of ether oxygens (including phenoxy) is 1. The van der Waals surface area contributed by atoms with E-state index >= 15 is 0 Å². The third-order valence-electron chi connectivity index (χ3n) is 6.04. The zero-order valence-electron chi connectivity index (χ0n) is 17.4. The summed E-state index contributed by atoms with van der Waals surface area (Å²) in [5.74, 6) is -0.121. The predicted molar refractivity (Wildman–Crippen MR) is 120 cm³/mol. The highest BCUT2D eigenvalue weighted by molar-refractivity contribution is 6.30. The van der Waals surface area contributed by atoms with Gasteiger partial charge in [0.05, 0.1) is 12.1 Å². The Morgan fingerprint density at radius 3 is 2.72 bits per heavy atom. The molecule has 1 atom stereocenters. The van der Waals surface area contributed by atoms with Gasteiger partial charge in [0.25, 0.3) is 0 Å². The molecule has 1 aromatic heterocycles. The fraction of sp³-hybridized carbons (Fsp3) is 0.208. The molecule has 2 aliphatic heterocycles. The highest BCUT2D eigenvalue weighted by Gasteiger charge is 2.60. The number of aromatic amines is 1. The van der Waals surface area contributed by atoms with Gasteiger partial charge in [-0.15, -0.1) is 5.10 Å². The molecule has 160 valence electrons. The van der Waals surface area contributed by atoms with Crippen LogP contribution in [0.15, 0.2) is 60.0 Å². The molecule has 7 nitrogen and oxygen atoms in total. The summed E-state index contributed by atoms with van der Waals surface area (Å²) in [7, 11) is 0. The number of carbonyl (C=O) groups excluding carboxylic acids is 1. The van der Waals surface area contributed by atoms with Crippen LogP contribution in [0.2, 0.25) is 5.02 Å². The van der Waals surface area contributed by atoms with Crippen LogP contribution >= 0.6 is 11.6 Å². The van der Waals surface area contributed by atoms with E-state index < -0.39 is 5.41 Å². The van der Waals surface area contributed by atoms with Crippen molar-refractivity contribution in [2.24, 2.45) is 5.73 Å². The lowest BCUT2D eigenvalue weighted by molar-refractivity contribution is -0.121. The summed E-state index contributed by atoms with van der Waals surface area (Å²) >= 11 is 6.04. The van der Waals surface area contributed by atoms with Crippen molar-refractivity contribution in [1.29, 1.82) is 5.26 Å². The van der Waals surface area contributed by atoms with Gasteiger partial charge in [0.15, 0.2) is 0 Å². The first-order valence-electron chi connectivity index (χ1n) is 10.3. The number of benzene rings is 2. The summed E-state index contributed by atoms with van der Waals surface area (Å²) in [4.78, 5) is 16.0. The zero-order valence-corrected chi connectivity index (χ0v) is 18.1. The van der Waals surface area contributed by atoms with Crippen molar-refractivity contribution in [3.63, 3.8) is 0 Å². The van der Waals surface area contributed by atoms with Gasteiger partial charge in [0, 0.05) is 22.0 Å². The molecule has 32 heavy (non-hydrogen) atoms. The van der Waals surface area contributed by atoms with E-state index in [1.165, 1.54) is 0 Å². The number of halogens is 1. The van der Waals surface area contributed by atoms with E-state index in [4.69, 9.17) is 22.1 Å². The fourth-order valence-corrected chi connectivity index (χ4v) is 4.85. The van der Waals surface area contributed by atoms with Crippen molar-refractivity contribution in [2.45, 2.75) is 31.7 Å². The Labute approximate surface area is 190 Å². The van der Waals surface area contributed by atoms with Gasteiger partial charge >= 0.3 is 0 Å². The highest BCUT2D eigenvalue weighted by Crippen LogP contribution is 2.56. The number of H-pyrrole nitrogens is 1. The van der Waals surface area contributed by atoms with Crippen molar-refractivity contribution in [3.05, 3.63) is 87.4 Å². The summed E-state index contributed by atoms with van der Waals surface area (Å²) < 4.78 is 5.69. The number of aryl methyl sites for hydroxylation is 1. The number of anilines is 1. The molecule has 0 saturated carbocycles. The van der Waals surface area contributed by atoms with E-state index in [0.717, 1.165) is 23.4 Å². The van der Waals surface area contributed by atoms with Gasteiger partial charge in [0.1, 0.15) is 17.1 Å². The topological polar surface area (TPSA) is 108 Å². The lowest BCUT2D eigenvalue weighted by atomic mass is 9.68. The van der Waals surface area contributed by atoms with Crippen molar-refractivity contribution in [3.8, 4) is 11.9 Å². The molecule has 1 spiro atoms. The monoisotopic (exact) mass is 445 g/mol. The number of nitriles is 1. The van der Waals surface area contributed by atoms with Crippen molar-refractivity contribution in [1.82, 2.24) is 10.2 Å². The van der Waals surface area contributed by atoms with E-state index in [0.29, 0.717) is 29.1 Å². The number of rotatable bonds is 4. The van der Waals surface area contributed by atoms with Crippen molar-refractivity contribution in [2.75, 3.05) is 4.90 Å². The molecule has 0 fully saturated rings. The molecule has 1 amide bonds. The number of para-hydroxylation sites is 1. The second-order valence-electron chi connectivity index (χ2n) is 7.87. The second kappa shape index (κ2) is 7.43. The van der Waals surface area contributed by atoms with Crippen molar-refractivity contribution < 1.29 is 9.53 Å². The molecule has 2 aromatic carbocycles. The van der Waals surface area contributed by atoms with Crippen LogP contribution in [-0.2, 0) is 23.2 Å². The molecular formula is C24H20ClN5O2. The molecule has 8 heteroatoms. The number of fused-ring (bicyclic) bond motifs is 4. The number of hydrogen-bond acceptors (Lipinski definition) is 5. The summed E-state index contributed by atoms with van der Waals surface area (Å²) in [5.41, 5.74) is 8.52. The quantitative estimate of drug-likeness (QED) is 0.632. The molecule has 3 N–H and O–H groups in total. The largest absolute Gasteiger partial charge is 0.420 e. The van der Waals surface area contributed by atoms with Gasteiger partial charge in [-0.2, -0.15) is 5.26 Å². The van der Waals surface area contributed by atoms with Crippen LogP contribution in [0.1, 0.15) is 35.7 Å². The first-order valence-corrected chi connectivity index (χ1v) is 10.7. The van der Waals surface area contributed by atoms with Gasteiger partial charge in [-0.1, -0.05) is 55.3 Å². The molecule has 2 aliphatic rings. The van der Waals surface area contributed by atoms with E-state index in [-0.39, 0.29) is 23.2 Å². The minimum Gasteiger partial charge on any atom is -0.420 e. The Morgan fingerprint density at radius 1 is 1.25 bits per heavy atom. The molecule has 0 unspecified atom stereocenters. The van der Waals surface area contributed by atoms with Crippen LogP contribution in [0.4, 0.5) is 5.69 Å². The second-order valence-corrected chi connectivity index (χ2v) is 8.31. The molecule has 0 saturated heterocycles. The molecule has 0 aliphatic carbocycles. The van der Waals surface area contributed by atoms with Crippen LogP contribution in [0.3, 0.4) is 0 Å². The molecule has 0 radical (unpaired) electrons. The number of carbonyl (C=O) groups is 1. The molecule has 5 rings (SSSR count). The standard InChI is InChI=1S/C24H20ClN5O2/c1-2-5-18-20-22(29-28-18)32-21(27)17(12-26)24(20)16-6-3-4-7-19(16)30(23(24)31)13-14-8-10-15(25)11-9-14/h3-4,6-11H,2,5,13,27H2,1H3,(H,28,29)/t24-/m0/s1. The molecule has 0 bridgehead atoms. The maximum absolute atomic E-state index is 14.3. The Morgan fingerprint density at radius 2 is 2.00 bits per heavy atom. The van der Waals surface area contributed by atoms with Crippen LogP contribution in [0.5, 0.6) is 5.88 Å². The van der Waals surface area contributed by atoms with E-state index in [9.17, 15) is 10.1 Å². The Kier molecular flexibility index (Phi) is 4.68. The highest BCUT2D eigenvalue weighted by atomic mass is 35.5. The van der Waals surface area contributed by atoms with Crippen LogP contribution < -0.4 is 15.4 Å². The van der Waals surface area contributed by atoms with E-state index in [2.05, 4.69) is 16.3 Å². The molecule has 3 heterocycles. The number of nitrogens with zero attached hydrogens (tertiary/aromatic N) is 3. The fourth-order valence-electron chi connectivity index (χ4n) is 4.72. The maximum atomic E-state index is 14.3. The van der Waals surface area contributed by atoms with Gasteiger partial charge in [-0.05, 0) is 30.2 Å². The van der Waals surface area contributed by atoms with Gasteiger partial charge in [-0.3, -0.25) is 9.89 Å². The first kappa shape index (κ1) is 20.2. The van der Waals surface area contributed by atoms with Crippen LogP contribution in [0, 0.1) is 11.3 Å². The third-order valence-corrected chi connectivity index (χ3v) is 6.29. The smallest absolute Gasteiger partial charge is 0.248 e. The average molecular weight is 446 g/mol. The summed E-state index contributed by atoms with van der Waals surface area (Å²) in [6.45, 7) is 2.36. The SMILES string of the molecule is CCCc1[nH]nc2c1[C@@]1(C(=O)N(Cc3ccc(Cl)cc3)c3ccccc31)C(C#N)=C(N)O2. The number of nitrogens with one attached hydrogen (secondary N) is 1. The Hall–Kier alpha value is -3.76. The summed E-state index contributed by atoms with van der Waals surface area (Å²) in [5, 5.41) is 18.0. The predicted octanol–water partition coefficient (Wildman–Crippen LogP) is 3.93. The number of aromatic nitrogens is 2. The van der Waals surface area contributed by atoms with Gasteiger partial charge in [0.2, 0.25) is 17.7 Å².